The van der Waals surface area contributed by atoms with Gasteiger partial charge in [0.25, 0.3) is 0 Å². The molecule has 0 aliphatic heterocycles. The summed E-state index contributed by atoms with van der Waals surface area (Å²) in [5.41, 5.74) is 5.50. The summed E-state index contributed by atoms with van der Waals surface area (Å²) in [5.74, 6) is 0. The van der Waals surface area contributed by atoms with Gasteiger partial charge in [-0.05, 0) is 18.4 Å². The Kier molecular flexibility index (Phi) is 4.11. The molecule has 1 amide bonds. The highest BCUT2D eigenvalue weighted by Crippen LogP contribution is 2.20. The molecule has 0 aliphatic carbocycles. The Hall–Kier alpha value is -0.570. The minimum Gasteiger partial charge on any atom is -0.355 e. The van der Waals surface area contributed by atoms with Crippen molar-refractivity contribution in [2.24, 2.45) is 11.1 Å². The van der Waals surface area contributed by atoms with Gasteiger partial charge in [0.05, 0.1) is 0 Å². The molecule has 0 aromatic heterocycles. The molecular formula is C8H18N2O. The monoisotopic (exact) mass is 158 g/mol. The largest absolute Gasteiger partial charge is 0.355 e. The molecule has 0 aromatic carbocycles. The first-order valence-electron chi connectivity index (χ1n) is 3.92. The highest BCUT2D eigenvalue weighted by molar-refractivity contribution is 5.46. The molecule has 0 fully saturated rings. The highest BCUT2D eigenvalue weighted by atomic mass is 16.1. The summed E-state index contributed by atoms with van der Waals surface area (Å²) in [6.45, 7) is 6.88. The molecule has 1 atom stereocenters. The Labute approximate surface area is 68.3 Å². The molecule has 0 bridgehead atoms. The second-order valence-electron chi connectivity index (χ2n) is 3.78. The zero-order valence-corrected chi connectivity index (χ0v) is 7.55. The predicted molar refractivity (Wildman–Crippen MR) is 46.1 cm³/mol. The van der Waals surface area contributed by atoms with Crippen LogP contribution in [-0.2, 0) is 4.79 Å². The van der Waals surface area contributed by atoms with E-state index in [0.717, 1.165) is 12.8 Å². The average Bonchev–Trinajstić information content (AvgIpc) is 1.85. The van der Waals surface area contributed by atoms with E-state index in [1.54, 1.807) is 0 Å². The van der Waals surface area contributed by atoms with Gasteiger partial charge in [-0.3, -0.25) is 4.79 Å². The van der Waals surface area contributed by atoms with Gasteiger partial charge in [0.1, 0.15) is 0 Å². The molecule has 0 saturated carbocycles. The van der Waals surface area contributed by atoms with Crippen molar-refractivity contribution < 1.29 is 4.79 Å². The molecule has 0 heterocycles. The van der Waals surface area contributed by atoms with E-state index in [4.69, 9.17) is 5.73 Å². The fraction of sp³-hybridized carbons (Fsp3) is 0.875. The van der Waals surface area contributed by atoms with E-state index in [-0.39, 0.29) is 11.5 Å². The van der Waals surface area contributed by atoms with Gasteiger partial charge in [-0.15, -0.1) is 0 Å². The number of rotatable bonds is 4. The standard InChI is InChI=1S/C8H18N2O/c1-8(2,3)7(4-5-9)10-6-11/h6-7H,4-5,9H2,1-3H3,(H,10,11)/t7-/m0/s1. The van der Waals surface area contributed by atoms with Crippen LogP contribution in [0, 0.1) is 5.41 Å². The van der Waals surface area contributed by atoms with E-state index >= 15 is 0 Å². The Bertz CT molecular complexity index is 118. The maximum absolute atomic E-state index is 10.2. The zero-order chi connectivity index (χ0) is 8.91. The van der Waals surface area contributed by atoms with E-state index in [0.29, 0.717) is 6.54 Å². The van der Waals surface area contributed by atoms with Crippen LogP contribution in [0.1, 0.15) is 27.2 Å². The summed E-state index contributed by atoms with van der Waals surface area (Å²) < 4.78 is 0. The number of amides is 1. The summed E-state index contributed by atoms with van der Waals surface area (Å²) in [5, 5.41) is 2.76. The van der Waals surface area contributed by atoms with Crippen LogP contribution in [0.4, 0.5) is 0 Å². The third kappa shape index (κ3) is 3.98. The predicted octanol–water partition coefficient (Wildman–Crippen LogP) is 0.496. The van der Waals surface area contributed by atoms with Crippen molar-refractivity contribution in [2.45, 2.75) is 33.2 Å². The third-order valence-corrected chi connectivity index (χ3v) is 1.77. The summed E-state index contributed by atoms with van der Waals surface area (Å²) >= 11 is 0. The molecule has 11 heavy (non-hydrogen) atoms. The summed E-state index contributed by atoms with van der Waals surface area (Å²) in [7, 11) is 0. The van der Waals surface area contributed by atoms with Crippen LogP contribution >= 0.6 is 0 Å². The van der Waals surface area contributed by atoms with Gasteiger partial charge in [-0.1, -0.05) is 20.8 Å². The second kappa shape index (κ2) is 4.34. The lowest BCUT2D eigenvalue weighted by atomic mass is 9.85. The van der Waals surface area contributed by atoms with Crippen molar-refractivity contribution in [1.29, 1.82) is 0 Å². The number of carbonyl (C=O) groups excluding carboxylic acids is 1. The van der Waals surface area contributed by atoms with Crippen molar-refractivity contribution in [3.63, 3.8) is 0 Å². The van der Waals surface area contributed by atoms with E-state index < -0.39 is 0 Å². The van der Waals surface area contributed by atoms with Gasteiger partial charge in [-0.2, -0.15) is 0 Å². The third-order valence-electron chi connectivity index (χ3n) is 1.77. The molecule has 0 radical (unpaired) electrons. The maximum atomic E-state index is 10.2. The lowest BCUT2D eigenvalue weighted by Gasteiger charge is -2.29. The topological polar surface area (TPSA) is 55.1 Å². The summed E-state index contributed by atoms with van der Waals surface area (Å²) in [6.07, 6.45) is 1.58. The molecule has 0 aromatic rings. The van der Waals surface area contributed by atoms with Gasteiger partial charge in [0, 0.05) is 6.04 Å². The Balaban J connectivity index is 3.97. The molecule has 3 N–H and O–H groups in total. The summed E-state index contributed by atoms with van der Waals surface area (Å²) in [6, 6.07) is 0.185. The Morgan fingerprint density at radius 3 is 2.36 bits per heavy atom. The van der Waals surface area contributed by atoms with Crippen molar-refractivity contribution in [1.82, 2.24) is 5.32 Å². The van der Waals surface area contributed by atoms with Crippen LogP contribution in [0.5, 0.6) is 0 Å². The van der Waals surface area contributed by atoms with Crippen molar-refractivity contribution in [2.75, 3.05) is 6.54 Å². The fourth-order valence-electron chi connectivity index (χ4n) is 1.02. The number of hydrogen-bond donors (Lipinski definition) is 2. The van der Waals surface area contributed by atoms with E-state index in [9.17, 15) is 4.79 Å². The minimum absolute atomic E-state index is 0.0975. The zero-order valence-electron chi connectivity index (χ0n) is 7.55. The van der Waals surface area contributed by atoms with Crippen LogP contribution in [-0.4, -0.2) is 19.0 Å². The van der Waals surface area contributed by atoms with E-state index in [2.05, 4.69) is 26.1 Å². The van der Waals surface area contributed by atoms with Crippen LogP contribution < -0.4 is 11.1 Å². The first kappa shape index (κ1) is 10.4. The molecule has 66 valence electrons. The second-order valence-corrected chi connectivity index (χ2v) is 3.78. The molecule has 0 aliphatic rings. The molecule has 0 spiro atoms. The van der Waals surface area contributed by atoms with Crippen LogP contribution in [0.3, 0.4) is 0 Å². The molecule has 0 saturated heterocycles. The van der Waals surface area contributed by atoms with E-state index in [1.165, 1.54) is 0 Å². The van der Waals surface area contributed by atoms with E-state index in [1.807, 2.05) is 0 Å². The van der Waals surface area contributed by atoms with Gasteiger partial charge in [0.15, 0.2) is 0 Å². The van der Waals surface area contributed by atoms with Crippen LogP contribution in [0.2, 0.25) is 0 Å². The molecular weight excluding hydrogens is 140 g/mol. The maximum Gasteiger partial charge on any atom is 0.207 e. The number of nitrogens with one attached hydrogen (secondary N) is 1. The SMILES string of the molecule is CC(C)(C)[C@H](CCN)NC=O. The molecule has 0 unspecified atom stereocenters. The summed E-state index contributed by atoms with van der Waals surface area (Å²) in [4.78, 5) is 10.2. The fourth-order valence-corrected chi connectivity index (χ4v) is 1.02. The molecule has 3 nitrogen and oxygen atoms in total. The first-order chi connectivity index (χ1) is 5.02. The van der Waals surface area contributed by atoms with Crippen molar-refractivity contribution >= 4 is 6.41 Å². The Morgan fingerprint density at radius 2 is 2.09 bits per heavy atom. The van der Waals surface area contributed by atoms with Crippen molar-refractivity contribution in [3.8, 4) is 0 Å². The number of nitrogens with two attached hydrogens (primary N) is 1. The molecule has 0 rings (SSSR count). The van der Waals surface area contributed by atoms with Crippen LogP contribution in [0.25, 0.3) is 0 Å². The van der Waals surface area contributed by atoms with Crippen molar-refractivity contribution in [3.05, 3.63) is 0 Å². The van der Waals surface area contributed by atoms with Gasteiger partial charge in [0.2, 0.25) is 6.41 Å². The van der Waals surface area contributed by atoms with Gasteiger partial charge < -0.3 is 11.1 Å². The minimum atomic E-state index is 0.0975. The quantitative estimate of drug-likeness (QED) is 0.585. The smallest absolute Gasteiger partial charge is 0.207 e. The first-order valence-corrected chi connectivity index (χ1v) is 3.92. The number of hydrogen-bond acceptors (Lipinski definition) is 2. The lowest BCUT2D eigenvalue weighted by Crippen LogP contribution is -2.40. The lowest BCUT2D eigenvalue weighted by molar-refractivity contribution is -0.110. The number of carbonyl (C=O) groups is 1. The molecule has 3 heteroatoms. The van der Waals surface area contributed by atoms with Gasteiger partial charge in [-0.25, -0.2) is 0 Å². The highest BCUT2D eigenvalue weighted by Gasteiger charge is 2.22. The average molecular weight is 158 g/mol. The normalized spacial score (nSPS) is 14.2. The Morgan fingerprint density at radius 1 is 1.55 bits per heavy atom. The van der Waals surface area contributed by atoms with Crippen LogP contribution in [0.15, 0.2) is 0 Å². The van der Waals surface area contributed by atoms with Gasteiger partial charge >= 0.3 is 0 Å².